The molecule has 0 heterocycles. The van der Waals surface area contributed by atoms with Gasteiger partial charge in [-0.05, 0) is 32.0 Å². The van der Waals surface area contributed by atoms with Crippen molar-refractivity contribution in [1.82, 2.24) is 5.32 Å². The van der Waals surface area contributed by atoms with E-state index in [1.807, 2.05) is 62.4 Å². The Morgan fingerprint density at radius 1 is 1.08 bits per heavy atom. The summed E-state index contributed by atoms with van der Waals surface area (Å²) in [6.45, 7) is 4.66. The summed E-state index contributed by atoms with van der Waals surface area (Å²) in [4.78, 5) is 12.2. The molecular weight excluding hydrogens is 304 g/mol. The number of methoxy groups -OCH3 is 1. The van der Waals surface area contributed by atoms with Gasteiger partial charge in [-0.15, -0.1) is 0 Å². The topological polar surface area (TPSA) is 59.6 Å². The molecule has 0 aliphatic rings. The number of benzene rings is 2. The van der Waals surface area contributed by atoms with Gasteiger partial charge >= 0.3 is 0 Å². The lowest BCUT2D eigenvalue weighted by molar-refractivity contribution is -0.115. The lowest BCUT2D eigenvalue weighted by Crippen LogP contribution is -2.30. The number of amides is 1. The predicted octanol–water partition coefficient (Wildman–Crippen LogP) is 3.38. The van der Waals surface area contributed by atoms with E-state index in [1.54, 1.807) is 7.11 Å². The first kappa shape index (κ1) is 17.8. The third-order valence-corrected chi connectivity index (χ3v) is 3.64. The van der Waals surface area contributed by atoms with Gasteiger partial charge in [0.2, 0.25) is 5.91 Å². The number of anilines is 1. The van der Waals surface area contributed by atoms with Crippen LogP contribution in [0.15, 0.2) is 48.5 Å². The number of carbonyl (C=O) groups excluding carboxylic acids is 1. The van der Waals surface area contributed by atoms with Crippen LogP contribution in [0.3, 0.4) is 0 Å². The van der Waals surface area contributed by atoms with Crippen LogP contribution >= 0.6 is 0 Å². The molecule has 0 aliphatic carbocycles. The van der Waals surface area contributed by atoms with E-state index >= 15 is 0 Å². The standard InChI is InChI=1S/C19H24N2O3/c1-4-24-18-12-8-6-10-16(18)21-19(22)13-20-14(2)15-9-5-7-11-17(15)23-3/h5-12,14,20H,4,13H2,1-3H3,(H,21,22)/t14-/m0/s1. The van der Waals surface area contributed by atoms with E-state index in [0.717, 1.165) is 11.3 Å². The molecule has 2 aromatic carbocycles. The van der Waals surface area contributed by atoms with Crippen molar-refractivity contribution in [1.29, 1.82) is 0 Å². The fraction of sp³-hybridized carbons (Fsp3) is 0.316. The van der Waals surface area contributed by atoms with Gasteiger partial charge in [-0.1, -0.05) is 30.3 Å². The molecule has 2 N–H and O–H groups in total. The zero-order valence-corrected chi connectivity index (χ0v) is 14.3. The molecule has 5 nitrogen and oxygen atoms in total. The van der Waals surface area contributed by atoms with Crippen LogP contribution < -0.4 is 20.1 Å². The maximum Gasteiger partial charge on any atom is 0.238 e. The van der Waals surface area contributed by atoms with Gasteiger partial charge in [-0.2, -0.15) is 0 Å². The molecule has 0 radical (unpaired) electrons. The molecule has 5 heteroatoms. The average molecular weight is 328 g/mol. The van der Waals surface area contributed by atoms with Crippen LogP contribution in [0.2, 0.25) is 0 Å². The van der Waals surface area contributed by atoms with Crippen molar-refractivity contribution in [3.8, 4) is 11.5 Å². The first-order chi connectivity index (χ1) is 11.7. The van der Waals surface area contributed by atoms with E-state index in [-0.39, 0.29) is 18.5 Å². The molecule has 0 saturated heterocycles. The van der Waals surface area contributed by atoms with Crippen molar-refractivity contribution in [2.75, 3.05) is 25.6 Å². The first-order valence-electron chi connectivity index (χ1n) is 8.03. The number of nitrogens with one attached hydrogen (secondary N) is 2. The molecule has 0 bridgehead atoms. The van der Waals surface area contributed by atoms with Gasteiger partial charge in [0.15, 0.2) is 0 Å². The molecule has 1 atom stereocenters. The van der Waals surface area contributed by atoms with E-state index in [4.69, 9.17) is 9.47 Å². The summed E-state index contributed by atoms with van der Waals surface area (Å²) in [5.41, 5.74) is 1.69. The monoisotopic (exact) mass is 328 g/mol. The highest BCUT2D eigenvalue weighted by molar-refractivity contribution is 5.93. The van der Waals surface area contributed by atoms with E-state index in [1.165, 1.54) is 0 Å². The Balaban J connectivity index is 1.94. The van der Waals surface area contributed by atoms with Crippen molar-refractivity contribution in [2.45, 2.75) is 19.9 Å². The zero-order valence-electron chi connectivity index (χ0n) is 14.3. The van der Waals surface area contributed by atoms with Crippen molar-refractivity contribution in [2.24, 2.45) is 0 Å². The third-order valence-electron chi connectivity index (χ3n) is 3.64. The molecule has 24 heavy (non-hydrogen) atoms. The van der Waals surface area contributed by atoms with Crippen molar-refractivity contribution in [3.05, 3.63) is 54.1 Å². The number of ether oxygens (including phenoxy) is 2. The van der Waals surface area contributed by atoms with E-state index in [9.17, 15) is 4.79 Å². The second-order valence-electron chi connectivity index (χ2n) is 5.32. The Hall–Kier alpha value is -2.53. The molecule has 0 unspecified atom stereocenters. The van der Waals surface area contributed by atoms with E-state index in [2.05, 4.69) is 10.6 Å². The Morgan fingerprint density at radius 2 is 1.75 bits per heavy atom. The molecule has 128 valence electrons. The largest absolute Gasteiger partial charge is 0.496 e. The van der Waals surface area contributed by atoms with Crippen LogP contribution in [0.4, 0.5) is 5.69 Å². The highest BCUT2D eigenvalue weighted by Gasteiger charge is 2.13. The molecule has 0 fully saturated rings. The average Bonchev–Trinajstić information content (AvgIpc) is 2.61. The minimum absolute atomic E-state index is 0.00552. The van der Waals surface area contributed by atoms with Crippen LogP contribution in [0.5, 0.6) is 11.5 Å². The Labute approximate surface area is 143 Å². The summed E-state index contributed by atoms with van der Waals surface area (Å²) >= 11 is 0. The molecule has 0 saturated carbocycles. The number of carbonyl (C=O) groups is 1. The van der Waals surface area contributed by atoms with Crippen LogP contribution in [0.25, 0.3) is 0 Å². The summed E-state index contributed by atoms with van der Waals surface area (Å²) in [6, 6.07) is 15.2. The molecule has 2 aromatic rings. The lowest BCUT2D eigenvalue weighted by atomic mass is 10.1. The van der Waals surface area contributed by atoms with Gasteiger partial charge in [0, 0.05) is 11.6 Å². The van der Waals surface area contributed by atoms with E-state index < -0.39 is 0 Å². The van der Waals surface area contributed by atoms with E-state index in [0.29, 0.717) is 18.0 Å². The molecule has 0 spiro atoms. The van der Waals surface area contributed by atoms with Crippen LogP contribution in [0.1, 0.15) is 25.5 Å². The smallest absolute Gasteiger partial charge is 0.238 e. The molecule has 0 aliphatic heterocycles. The SMILES string of the molecule is CCOc1ccccc1NC(=O)CN[C@@H](C)c1ccccc1OC. The predicted molar refractivity (Wildman–Crippen MR) is 95.7 cm³/mol. The third kappa shape index (κ3) is 4.73. The van der Waals surface area contributed by atoms with Gasteiger partial charge in [-0.3, -0.25) is 4.79 Å². The normalized spacial score (nSPS) is 11.6. The summed E-state index contributed by atoms with van der Waals surface area (Å²) in [6.07, 6.45) is 0. The van der Waals surface area contributed by atoms with Crippen LogP contribution in [-0.4, -0.2) is 26.2 Å². The lowest BCUT2D eigenvalue weighted by Gasteiger charge is -2.17. The van der Waals surface area contributed by atoms with Crippen molar-refractivity contribution >= 4 is 11.6 Å². The highest BCUT2D eigenvalue weighted by atomic mass is 16.5. The number of para-hydroxylation sites is 3. The minimum Gasteiger partial charge on any atom is -0.496 e. The van der Waals surface area contributed by atoms with Gasteiger partial charge < -0.3 is 20.1 Å². The van der Waals surface area contributed by atoms with Gasteiger partial charge in [-0.25, -0.2) is 0 Å². The Bertz CT molecular complexity index is 673. The summed E-state index contributed by atoms with van der Waals surface area (Å²) in [5, 5.41) is 6.09. The number of hydrogen-bond donors (Lipinski definition) is 2. The van der Waals surface area contributed by atoms with Crippen LogP contribution in [0, 0.1) is 0 Å². The summed E-state index contributed by atoms with van der Waals surface area (Å²) in [5.74, 6) is 1.36. The maximum atomic E-state index is 12.2. The quantitative estimate of drug-likeness (QED) is 0.780. The molecular formula is C19H24N2O3. The Kier molecular flexibility index (Phi) is 6.63. The van der Waals surface area contributed by atoms with Gasteiger partial charge in [0.05, 0.1) is 25.9 Å². The molecule has 1 amide bonds. The fourth-order valence-corrected chi connectivity index (χ4v) is 2.43. The molecule has 2 rings (SSSR count). The second-order valence-corrected chi connectivity index (χ2v) is 5.32. The highest BCUT2D eigenvalue weighted by Crippen LogP contribution is 2.25. The summed E-state index contributed by atoms with van der Waals surface area (Å²) < 4.78 is 10.9. The fourth-order valence-electron chi connectivity index (χ4n) is 2.43. The van der Waals surface area contributed by atoms with Gasteiger partial charge in [0.25, 0.3) is 0 Å². The van der Waals surface area contributed by atoms with Crippen molar-refractivity contribution < 1.29 is 14.3 Å². The van der Waals surface area contributed by atoms with Crippen molar-refractivity contribution in [3.63, 3.8) is 0 Å². The second kappa shape index (κ2) is 8.93. The van der Waals surface area contributed by atoms with Gasteiger partial charge in [0.1, 0.15) is 11.5 Å². The minimum atomic E-state index is -0.121. The maximum absolute atomic E-state index is 12.2. The number of hydrogen-bond acceptors (Lipinski definition) is 4. The zero-order chi connectivity index (χ0) is 17.4. The Morgan fingerprint density at radius 3 is 2.46 bits per heavy atom. The summed E-state index contributed by atoms with van der Waals surface area (Å²) in [7, 11) is 1.64. The van der Waals surface area contributed by atoms with Crippen LogP contribution in [-0.2, 0) is 4.79 Å². The molecule has 0 aromatic heterocycles. The first-order valence-corrected chi connectivity index (χ1v) is 8.03. The number of rotatable bonds is 8.